The van der Waals surface area contributed by atoms with Crippen molar-refractivity contribution in [1.29, 1.82) is 5.26 Å². The predicted molar refractivity (Wildman–Crippen MR) is 102 cm³/mol. The molecule has 1 N–H and O–H groups in total. The molecule has 0 atom stereocenters. The van der Waals surface area contributed by atoms with E-state index >= 15 is 0 Å². The number of furan rings is 1. The van der Waals surface area contributed by atoms with Gasteiger partial charge in [0.2, 0.25) is 5.88 Å². The summed E-state index contributed by atoms with van der Waals surface area (Å²) < 4.78 is 6.18. The average Bonchev–Trinajstić information content (AvgIpc) is 3.19. The summed E-state index contributed by atoms with van der Waals surface area (Å²) in [6, 6.07) is 9.16. The molecule has 0 spiro atoms. The molecule has 0 aliphatic heterocycles. The lowest BCUT2D eigenvalue weighted by molar-refractivity contribution is -0.384. The molecule has 2 heterocycles. The lowest BCUT2D eigenvalue weighted by atomic mass is 10.1. The normalized spacial score (nSPS) is 10.9. The van der Waals surface area contributed by atoms with Crippen LogP contribution in [0.5, 0.6) is 5.88 Å². The van der Waals surface area contributed by atoms with Crippen LogP contribution < -0.4 is 5.56 Å². The zero-order chi connectivity index (χ0) is 21.1. The molecule has 0 radical (unpaired) electrons. The van der Waals surface area contributed by atoms with E-state index in [2.05, 4.69) is 10.2 Å². The van der Waals surface area contributed by atoms with E-state index in [1.54, 1.807) is 19.1 Å². The lowest BCUT2D eigenvalue weighted by Gasteiger charge is -2.12. The summed E-state index contributed by atoms with van der Waals surface area (Å²) in [6.45, 7) is 3.01. The van der Waals surface area contributed by atoms with Crippen LogP contribution in [0.15, 0.2) is 56.0 Å². The van der Waals surface area contributed by atoms with E-state index in [1.807, 2.05) is 6.07 Å². The van der Waals surface area contributed by atoms with Gasteiger partial charge in [-0.25, -0.2) is 0 Å². The van der Waals surface area contributed by atoms with Gasteiger partial charge >= 0.3 is 0 Å². The minimum Gasteiger partial charge on any atom is -0.493 e. The number of pyridine rings is 1. The summed E-state index contributed by atoms with van der Waals surface area (Å²) in [5.41, 5.74) is 0.0334. The fourth-order valence-corrected chi connectivity index (χ4v) is 2.73. The van der Waals surface area contributed by atoms with Crippen molar-refractivity contribution in [1.82, 2.24) is 4.57 Å². The van der Waals surface area contributed by atoms with Crippen molar-refractivity contribution in [3.05, 3.63) is 79.5 Å². The number of benzene rings is 1. The minimum atomic E-state index is -0.654. The summed E-state index contributed by atoms with van der Waals surface area (Å²) in [6.07, 6.45) is 1.43. The summed E-state index contributed by atoms with van der Waals surface area (Å²) in [7, 11) is 0. The van der Waals surface area contributed by atoms with Crippen molar-refractivity contribution < 1.29 is 14.4 Å². The monoisotopic (exact) mass is 393 g/mol. The highest BCUT2D eigenvalue weighted by molar-refractivity contribution is 5.57. The number of aromatic nitrogens is 1. The summed E-state index contributed by atoms with van der Waals surface area (Å²) in [4.78, 5) is 23.2. The fraction of sp³-hybridized carbons (Fsp3) is 0.158. The smallest absolute Gasteiger partial charge is 0.281 e. The van der Waals surface area contributed by atoms with Gasteiger partial charge < -0.3 is 9.52 Å². The topological polar surface area (TPSA) is 147 Å². The summed E-state index contributed by atoms with van der Waals surface area (Å²) >= 11 is 0. The van der Waals surface area contributed by atoms with Crippen LogP contribution in [0.4, 0.5) is 17.1 Å². The molecule has 3 aromatic rings. The molecule has 0 bridgehead atoms. The predicted octanol–water partition coefficient (Wildman–Crippen LogP) is 4.01. The Morgan fingerprint density at radius 3 is 2.66 bits per heavy atom. The minimum absolute atomic E-state index is 0.0881. The van der Waals surface area contributed by atoms with Crippen molar-refractivity contribution >= 4 is 17.1 Å². The number of nitro groups is 1. The molecule has 0 aliphatic rings. The number of non-ortho nitro benzene ring substituents is 1. The molecule has 2 aromatic heterocycles. The van der Waals surface area contributed by atoms with E-state index in [1.165, 1.54) is 31.4 Å². The lowest BCUT2D eigenvalue weighted by Crippen LogP contribution is -2.22. The fourth-order valence-electron chi connectivity index (χ4n) is 2.73. The number of aromatic hydroxyl groups is 1. The zero-order valence-corrected chi connectivity index (χ0v) is 15.5. The van der Waals surface area contributed by atoms with Crippen LogP contribution in [-0.4, -0.2) is 14.6 Å². The Balaban J connectivity index is 2.10. The molecule has 10 heteroatoms. The van der Waals surface area contributed by atoms with Crippen LogP contribution >= 0.6 is 0 Å². The Morgan fingerprint density at radius 2 is 2.07 bits per heavy atom. The molecule has 29 heavy (non-hydrogen) atoms. The molecular weight excluding hydrogens is 378 g/mol. The molecule has 0 saturated carbocycles. The van der Waals surface area contributed by atoms with Gasteiger partial charge in [0.25, 0.3) is 11.2 Å². The molecule has 1 aromatic carbocycles. The number of nitrogens with zero attached hydrogens (tertiary/aromatic N) is 5. The van der Waals surface area contributed by atoms with Gasteiger partial charge in [0.15, 0.2) is 5.69 Å². The summed E-state index contributed by atoms with van der Waals surface area (Å²) in [5.74, 6) is -0.0823. The second-order valence-electron chi connectivity index (χ2n) is 6.18. The van der Waals surface area contributed by atoms with Crippen molar-refractivity contribution in [2.75, 3.05) is 0 Å². The number of azo groups is 1. The Labute approximate surface area is 164 Å². The van der Waals surface area contributed by atoms with Crippen molar-refractivity contribution in [3.63, 3.8) is 0 Å². The van der Waals surface area contributed by atoms with Gasteiger partial charge in [-0.1, -0.05) is 0 Å². The molecule has 0 fully saturated rings. The van der Waals surface area contributed by atoms with Crippen molar-refractivity contribution in [2.24, 2.45) is 10.2 Å². The molecule has 146 valence electrons. The van der Waals surface area contributed by atoms with E-state index in [-0.39, 0.29) is 29.0 Å². The van der Waals surface area contributed by atoms with E-state index in [0.717, 1.165) is 4.57 Å². The highest BCUT2D eigenvalue weighted by Crippen LogP contribution is 2.29. The molecule has 0 unspecified atom stereocenters. The Hall–Kier alpha value is -4.26. The first-order valence-electron chi connectivity index (χ1n) is 8.39. The van der Waals surface area contributed by atoms with E-state index < -0.39 is 16.4 Å². The van der Waals surface area contributed by atoms with Gasteiger partial charge in [0, 0.05) is 17.7 Å². The number of hydrogen-bond acceptors (Lipinski definition) is 8. The first kappa shape index (κ1) is 19.5. The first-order valence-corrected chi connectivity index (χ1v) is 8.39. The average molecular weight is 393 g/mol. The quantitative estimate of drug-likeness (QED) is 0.393. The van der Waals surface area contributed by atoms with Crippen LogP contribution in [0.3, 0.4) is 0 Å². The van der Waals surface area contributed by atoms with Crippen molar-refractivity contribution in [3.8, 4) is 11.9 Å². The van der Waals surface area contributed by atoms with Gasteiger partial charge in [0.1, 0.15) is 17.4 Å². The third-order valence-electron chi connectivity index (χ3n) is 4.31. The van der Waals surface area contributed by atoms with E-state index in [4.69, 9.17) is 4.42 Å². The van der Waals surface area contributed by atoms with E-state index in [0.29, 0.717) is 17.0 Å². The maximum absolute atomic E-state index is 12.9. The van der Waals surface area contributed by atoms with Crippen LogP contribution in [0.1, 0.15) is 22.5 Å². The molecule has 0 amide bonds. The van der Waals surface area contributed by atoms with Gasteiger partial charge in [-0.2, -0.15) is 10.4 Å². The standard InChI is InChI=1S/C19H15N5O5/c1-11-8-13(24(27)28)5-6-16(11)21-22-17-12(2)15(9-20)18(25)23(19(17)26)10-14-4-3-7-29-14/h3-8,25H,10H2,1-2H3. The van der Waals surface area contributed by atoms with Gasteiger partial charge in [-0.05, 0) is 37.6 Å². The second kappa shape index (κ2) is 7.77. The Morgan fingerprint density at radius 1 is 1.31 bits per heavy atom. The van der Waals surface area contributed by atoms with Crippen LogP contribution in [0.25, 0.3) is 0 Å². The number of nitro benzene ring substituents is 1. The molecule has 0 saturated heterocycles. The van der Waals surface area contributed by atoms with Crippen molar-refractivity contribution in [2.45, 2.75) is 20.4 Å². The molecular formula is C19H15N5O5. The first-order chi connectivity index (χ1) is 13.8. The van der Waals surface area contributed by atoms with Gasteiger partial charge in [-0.15, -0.1) is 5.11 Å². The van der Waals surface area contributed by atoms with Gasteiger partial charge in [-0.3, -0.25) is 19.5 Å². The molecule has 10 nitrogen and oxygen atoms in total. The van der Waals surface area contributed by atoms with Crippen LogP contribution in [-0.2, 0) is 6.54 Å². The highest BCUT2D eigenvalue weighted by Gasteiger charge is 2.20. The Kier molecular flexibility index (Phi) is 5.23. The number of nitriles is 1. The third-order valence-corrected chi connectivity index (χ3v) is 4.31. The number of aryl methyl sites for hydroxylation is 1. The van der Waals surface area contributed by atoms with Gasteiger partial charge in [0.05, 0.1) is 23.4 Å². The summed E-state index contributed by atoms with van der Waals surface area (Å²) in [5, 5.41) is 38.6. The highest BCUT2D eigenvalue weighted by atomic mass is 16.6. The maximum atomic E-state index is 12.9. The third kappa shape index (κ3) is 3.74. The van der Waals surface area contributed by atoms with E-state index in [9.17, 15) is 25.3 Å². The largest absolute Gasteiger partial charge is 0.493 e. The van der Waals surface area contributed by atoms with Crippen LogP contribution in [0, 0.1) is 35.3 Å². The number of rotatable bonds is 5. The second-order valence-corrected chi connectivity index (χ2v) is 6.18. The maximum Gasteiger partial charge on any atom is 0.281 e. The molecule has 0 aliphatic carbocycles. The SMILES string of the molecule is Cc1cc([N+](=O)[O-])ccc1N=Nc1c(C)c(C#N)c(O)n(Cc2ccco2)c1=O. The Bertz CT molecular complexity index is 1220. The number of hydrogen-bond donors (Lipinski definition) is 1. The zero-order valence-electron chi connectivity index (χ0n) is 15.5. The molecule has 3 rings (SSSR count). The van der Waals surface area contributed by atoms with Crippen LogP contribution in [0.2, 0.25) is 0 Å².